The first-order valence-corrected chi connectivity index (χ1v) is 8.68. The van der Waals surface area contributed by atoms with E-state index in [-0.39, 0.29) is 11.6 Å². The largest absolute Gasteiger partial charge is 0.423 e. The summed E-state index contributed by atoms with van der Waals surface area (Å²) in [6.45, 7) is 3.66. The van der Waals surface area contributed by atoms with E-state index in [9.17, 15) is 9.59 Å². The first-order valence-electron chi connectivity index (χ1n) is 8.68. The maximum absolute atomic E-state index is 12.9. The lowest BCUT2D eigenvalue weighted by molar-refractivity contribution is 0.0733. The van der Waals surface area contributed by atoms with Gasteiger partial charge in [0.05, 0.1) is 5.56 Å². The summed E-state index contributed by atoms with van der Waals surface area (Å²) in [6, 6.07) is 9.98. The van der Waals surface area contributed by atoms with Gasteiger partial charge in [-0.3, -0.25) is 4.79 Å². The Labute approximate surface area is 159 Å². The second-order valence-electron chi connectivity index (χ2n) is 6.68. The van der Waals surface area contributed by atoms with Crippen molar-refractivity contribution < 1.29 is 19.0 Å². The van der Waals surface area contributed by atoms with Crippen LogP contribution in [-0.4, -0.2) is 27.8 Å². The van der Waals surface area contributed by atoms with Crippen LogP contribution in [0.15, 0.2) is 46.0 Å². The number of fused-ring (bicyclic) bond motifs is 4. The number of ether oxygens (including phenoxy) is 1. The third-order valence-corrected chi connectivity index (χ3v) is 5.12. The number of carbonyl (C=O) groups excluding carboxylic acids is 2. The predicted molar refractivity (Wildman–Crippen MR) is 99.4 cm³/mol. The van der Waals surface area contributed by atoms with Crippen LogP contribution in [0.2, 0.25) is 0 Å². The van der Waals surface area contributed by atoms with E-state index in [1.165, 1.54) is 0 Å². The fraction of sp³-hybridized carbons (Fsp3) is 0.150. The summed E-state index contributed by atoms with van der Waals surface area (Å²) < 4.78 is 10.3. The second kappa shape index (κ2) is 5.85. The van der Waals surface area contributed by atoms with E-state index in [0.29, 0.717) is 34.0 Å². The average Bonchev–Trinajstić information content (AvgIpc) is 3.27. The molecule has 3 aromatic rings. The Balaban J connectivity index is 1.58. The molecule has 1 unspecified atom stereocenters. The molecule has 0 amide bonds. The van der Waals surface area contributed by atoms with Crippen LogP contribution in [0.4, 0.5) is 11.6 Å². The molecule has 5 rings (SSSR count). The molecule has 2 aliphatic rings. The van der Waals surface area contributed by atoms with E-state index in [4.69, 9.17) is 4.74 Å². The summed E-state index contributed by atoms with van der Waals surface area (Å²) >= 11 is 0. The molecular formula is C20H14N4O4. The minimum absolute atomic E-state index is 0.178. The Kier molecular flexibility index (Phi) is 3.42. The Bertz CT molecular complexity index is 1180. The maximum atomic E-state index is 12.9. The van der Waals surface area contributed by atoms with Crippen molar-refractivity contribution in [2.24, 2.45) is 4.99 Å². The quantitative estimate of drug-likeness (QED) is 0.541. The SMILES string of the molecule is Cc1c(OC(=O)c2ccccc2)cc2c(c1C)C(=O)C1=Nc3nonc3NC12. The predicted octanol–water partition coefficient (Wildman–Crippen LogP) is 3.34. The zero-order valence-corrected chi connectivity index (χ0v) is 15.0. The number of esters is 1. The van der Waals surface area contributed by atoms with Gasteiger partial charge in [0.15, 0.2) is 0 Å². The highest BCUT2D eigenvalue weighted by Gasteiger charge is 2.42. The van der Waals surface area contributed by atoms with Crippen LogP contribution in [-0.2, 0) is 0 Å². The van der Waals surface area contributed by atoms with Gasteiger partial charge in [-0.25, -0.2) is 14.4 Å². The van der Waals surface area contributed by atoms with Gasteiger partial charge >= 0.3 is 5.97 Å². The molecule has 1 aliphatic carbocycles. The molecule has 0 saturated carbocycles. The molecule has 0 bridgehead atoms. The Morgan fingerprint density at radius 1 is 1.14 bits per heavy atom. The van der Waals surface area contributed by atoms with Crippen molar-refractivity contribution in [3.63, 3.8) is 0 Å². The lowest BCUT2D eigenvalue weighted by atomic mass is 9.97. The number of aromatic nitrogens is 2. The molecule has 2 heterocycles. The van der Waals surface area contributed by atoms with Gasteiger partial charge in [-0.1, -0.05) is 18.2 Å². The van der Waals surface area contributed by atoms with Crippen LogP contribution in [0.3, 0.4) is 0 Å². The summed E-state index contributed by atoms with van der Waals surface area (Å²) in [5.74, 6) is 0.390. The minimum Gasteiger partial charge on any atom is -0.423 e. The van der Waals surface area contributed by atoms with Gasteiger partial charge in [-0.15, -0.1) is 0 Å². The molecule has 1 N–H and O–H groups in total. The van der Waals surface area contributed by atoms with Crippen molar-refractivity contribution in [3.8, 4) is 5.75 Å². The fourth-order valence-corrected chi connectivity index (χ4v) is 3.55. The van der Waals surface area contributed by atoms with Gasteiger partial charge in [0.25, 0.3) is 0 Å². The number of anilines is 1. The van der Waals surface area contributed by atoms with Crippen molar-refractivity contribution in [2.45, 2.75) is 19.9 Å². The van der Waals surface area contributed by atoms with Crippen molar-refractivity contribution in [3.05, 3.63) is 64.2 Å². The summed E-state index contributed by atoms with van der Waals surface area (Å²) in [6.07, 6.45) is 0. The molecule has 28 heavy (non-hydrogen) atoms. The lowest BCUT2D eigenvalue weighted by Crippen LogP contribution is -2.23. The second-order valence-corrected chi connectivity index (χ2v) is 6.68. The van der Waals surface area contributed by atoms with Crippen LogP contribution in [0, 0.1) is 13.8 Å². The molecule has 1 atom stereocenters. The molecule has 138 valence electrons. The Morgan fingerprint density at radius 2 is 1.93 bits per heavy atom. The number of hydrogen-bond acceptors (Lipinski definition) is 8. The van der Waals surface area contributed by atoms with E-state index in [1.807, 2.05) is 19.9 Å². The van der Waals surface area contributed by atoms with Crippen LogP contribution in [0.1, 0.15) is 43.4 Å². The molecule has 0 fully saturated rings. The van der Waals surface area contributed by atoms with Crippen molar-refractivity contribution in [1.82, 2.24) is 10.3 Å². The zero-order valence-electron chi connectivity index (χ0n) is 15.0. The van der Waals surface area contributed by atoms with Crippen LogP contribution in [0.25, 0.3) is 0 Å². The smallest absolute Gasteiger partial charge is 0.343 e. The topological polar surface area (TPSA) is 107 Å². The van der Waals surface area contributed by atoms with E-state index < -0.39 is 12.0 Å². The highest BCUT2D eigenvalue weighted by molar-refractivity contribution is 6.52. The maximum Gasteiger partial charge on any atom is 0.343 e. The lowest BCUT2D eigenvalue weighted by Gasteiger charge is -2.18. The van der Waals surface area contributed by atoms with Crippen LogP contribution < -0.4 is 10.1 Å². The third-order valence-electron chi connectivity index (χ3n) is 5.12. The number of Topliss-reactive ketones (excluding diaryl/α,β-unsaturated/α-hetero) is 1. The van der Waals surface area contributed by atoms with Gasteiger partial charge in [0.2, 0.25) is 17.4 Å². The number of carbonyl (C=O) groups is 2. The van der Waals surface area contributed by atoms with E-state index in [1.54, 1.807) is 30.3 Å². The Hall–Kier alpha value is -3.81. The number of benzene rings is 2. The number of nitrogens with zero attached hydrogens (tertiary/aromatic N) is 3. The normalized spacial score (nSPS) is 16.6. The first-order chi connectivity index (χ1) is 13.5. The standard InChI is InChI=1S/C20H14N4O4/c1-9-10(2)14-12(8-13(9)27-20(26)11-6-4-3-5-7-11)15-16(17(14)25)22-19-18(21-15)23-28-24-19/h3-8,15H,1-2H3,(H,21,23). The van der Waals surface area contributed by atoms with Gasteiger partial charge in [0.1, 0.15) is 17.5 Å². The summed E-state index contributed by atoms with van der Waals surface area (Å²) in [4.78, 5) is 29.7. The van der Waals surface area contributed by atoms with Gasteiger partial charge in [-0.2, -0.15) is 0 Å². The van der Waals surface area contributed by atoms with Crippen molar-refractivity contribution >= 4 is 29.1 Å². The third kappa shape index (κ3) is 2.27. The molecule has 0 saturated heterocycles. The summed E-state index contributed by atoms with van der Waals surface area (Å²) in [7, 11) is 0. The first kappa shape index (κ1) is 16.4. The molecule has 1 aliphatic heterocycles. The fourth-order valence-electron chi connectivity index (χ4n) is 3.55. The molecule has 0 spiro atoms. The molecule has 0 radical (unpaired) electrons. The highest BCUT2D eigenvalue weighted by atomic mass is 16.6. The van der Waals surface area contributed by atoms with Gasteiger partial charge in [-0.05, 0) is 59.1 Å². The molecule has 8 nitrogen and oxygen atoms in total. The van der Waals surface area contributed by atoms with Gasteiger partial charge in [0, 0.05) is 5.56 Å². The van der Waals surface area contributed by atoms with E-state index in [0.717, 1.165) is 11.1 Å². The number of nitrogens with one attached hydrogen (secondary N) is 1. The summed E-state index contributed by atoms with van der Waals surface area (Å²) in [5.41, 5.74) is 3.52. The zero-order chi connectivity index (χ0) is 19.4. The number of rotatable bonds is 2. The number of hydrogen-bond donors (Lipinski definition) is 1. The van der Waals surface area contributed by atoms with E-state index >= 15 is 0 Å². The minimum atomic E-state index is -0.490. The van der Waals surface area contributed by atoms with Crippen LogP contribution >= 0.6 is 0 Å². The highest BCUT2D eigenvalue weighted by Crippen LogP contribution is 2.43. The van der Waals surface area contributed by atoms with Crippen molar-refractivity contribution in [2.75, 3.05) is 5.32 Å². The molecule has 1 aromatic heterocycles. The van der Waals surface area contributed by atoms with Crippen molar-refractivity contribution in [1.29, 1.82) is 0 Å². The molecular weight excluding hydrogens is 360 g/mol. The van der Waals surface area contributed by atoms with Crippen LogP contribution in [0.5, 0.6) is 5.75 Å². The monoisotopic (exact) mass is 374 g/mol. The van der Waals surface area contributed by atoms with Gasteiger partial charge < -0.3 is 10.1 Å². The molecule has 8 heteroatoms. The van der Waals surface area contributed by atoms with E-state index in [2.05, 4.69) is 25.3 Å². The Morgan fingerprint density at radius 3 is 2.71 bits per heavy atom. The summed E-state index contributed by atoms with van der Waals surface area (Å²) in [5, 5.41) is 10.6. The molecule has 2 aromatic carbocycles. The number of aliphatic imine (C=N–C) groups is 1. The average molecular weight is 374 g/mol. The number of ketones is 1.